The summed E-state index contributed by atoms with van der Waals surface area (Å²) >= 11 is 0. The van der Waals surface area contributed by atoms with Gasteiger partial charge in [-0.25, -0.2) is 4.98 Å². The Bertz CT molecular complexity index is 964. The van der Waals surface area contributed by atoms with Gasteiger partial charge >= 0.3 is 0 Å². The van der Waals surface area contributed by atoms with Gasteiger partial charge in [-0.3, -0.25) is 0 Å². The van der Waals surface area contributed by atoms with Crippen LogP contribution in [0.3, 0.4) is 0 Å². The lowest BCUT2D eigenvalue weighted by Gasteiger charge is -1.94. The Balaban J connectivity index is 1.80. The number of nitrogens with one attached hydrogen (secondary N) is 2. The second-order valence-corrected chi connectivity index (χ2v) is 4.63. The summed E-state index contributed by atoms with van der Waals surface area (Å²) in [5.41, 5.74) is 3.97. The van der Waals surface area contributed by atoms with Gasteiger partial charge in [0.1, 0.15) is 5.65 Å². The van der Waals surface area contributed by atoms with Gasteiger partial charge in [0.05, 0.1) is 0 Å². The molecule has 20 heavy (non-hydrogen) atoms. The van der Waals surface area contributed by atoms with Gasteiger partial charge in [0.25, 0.3) is 0 Å². The molecule has 3 heteroatoms. The molecule has 3 nitrogen and oxygen atoms in total. The molecule has 0 aliphatic heterocycles. The minimum absolute atomic E-state index is 0.872. The van der Waals surface area contributed by atoms with Crippen LogP contribution < -0.4 is 0 Å². The molecule has 4 rings (SSSR count). The van der Waals surface area contributed by atoms with Crippen molar-refractivity contribution in [3.63, 3.8) is 0 Å². The molecule has 0 fully saturated rings. The van der Waals surface area contributed by atoms with E-state index in [1.54, 1.807) is 6.20 Å². The Morgan fingerprint density at radius 1 is 0.900 bits per heavy atom. The van der Waals surface area contributed by atoms with E-state index in [2.05, 4.69) is 45.0 Å². The van der Waals surface area contributed by atoms with E-state index in [1.807, 2.05) is 30.6 Å². The Labute approximate surface area is 115 Å². The number of hydrogen-bond acceptors (Lipinski definition) is 1. The summed E-state index contributed by atoms with van der Waals surface area (Å²) < 4.78 is 0. The molecule has 0 spiro atoms. The van der Waals surface area contributed by atoms with Crippen LogP contribution in [0.4, 0.5) is 0 Å². The van der Waals surface area contributed by atoms with E-state index in [9.17, 15) is 0 Å². The summed E-state index contributed by atoms with van der Waals surface area (Å²) in [7, 11) is 0. The first-order valence-electron chi connectivity index (χ1n) is 6.41. The predicted octanol–water partition coefficient (Wildman–Crippen LogP) is 3.44. The zero-order valence-electron chi connectivity index (χ0n) is 10.6. The Hall–Kier alpha value is -2.99. The molecule has 0 aliphatic carbocycles. The maximum atomic E-state index is 4.26. The fourth-order valence-electron chi connectivity index (χ4n) is 2.33. The van der Waals surface area contributed by atoms with Gasteiger partial charge in [0.2, 0.25) is 0 Å². The number of aromatic nitrogens is 3. The zero-order chi connectivity index (χ0) is 13.4. The third kappa shape index (κ3) is 1.75. The van der Waals surface area contributed by atoms with Gasteiger partial charge in [0.15, 0.2) is 0 Å². The van der Waals surface area contributed by atoms with E-state index in [0.717, 1.165) is 27.7 Å². The predicted molar refractivity (Wildman–Crippen MR) is 80.4 cm³/mol. The molecule has 0 radical (unpaired) electrons. The van der Waals surface area contributed by atoms with Gasteiger partial charge in [-0.2, -0.15) is 0 Å². The van der Waals surface area contributed by atoms with Crippen molar-refractivity contribution in [2.24, 2.45) is 0 Å². The van der Waals surface area contributed by atoms with E-state index in [0.29, 0.717) is 0 Å². The van der Waals surface area contributed by atoms with Crippen LogP contribution in [0, 0.1) is 11.8 Å². The number of hydrogen-bond donors (Lipinski definition) is 2. The van der Waals surface area contributed by atoms with Crippen LogP contribution in [0.25, 0.3) is 21.9 Å². The lowest BCUT2D eigenvalue weighted by molar-refractivity contribution is 1.32. The molecule has 0 saturated heterocycles. The maximum Gasteiger partial charge on any atom is 0.138 e. The standard InChI is InChI=1S/C17H11N3/c1(12-2-4-14-6-8-18-16(14)11-12)3-13-5-9-19-17-15(13)7-10-20-17/h2,4-11,18H,(H,19,20). The molecule has 0 amide bonds. The fourth-order valence-corrected chi connectivity index (χ4v) is 2.33. The number of nitrogens with zero attached hydrogens (tertiary/aromatic N) is 1. The SMILES string of the molecule is C(#Cc1ccnc2[nH]ccc12)c1ccc2cc[nH]c2c1. The molecular formula is C17H11N3. The molecule has 4 aromatic rings. The van der Waals surface area contributed by atoms with E-state index in [-0.39, 0.29) is 0 Å². The molecular weight excluding hydrogens is 246 g/mol. The minimum Gasteiger partial charge on any atom is -0.361 e. The summed E-state index contributed by atoms with van der Waals surface area (Å²) in [6.45, 7) is 0. The van der Waals surface area contributed by atoms with E-state index >= 15 is 0 Å². The monoisotopic (exact) mass is 257 g/mol. The van der Waals surface area contributed by atoms with Crippen LogP contribution in [-0.2, 0) is 0 Å². The highest BCUT2D eigenvalue weighted by atomic mass is 14.8. The van der Waals surface area contributed by atoms with Crippen LogP contribution in [0.1, 0.15) is 11.1 Å². The van der Waals surface area contributed by atoms with Crippen LogP contribution in [0.2, 0.25) is 0 Å². The minimum atomic E-state index is 0.872. The highest BCUT2D eigenvalue weighted by Crippen LogP contribution is 2.15. The Kier molecular flexibility index (Phi) is 2.33. The van der Waals surface area contributed by atoms with Crippen molar-refractivity contribution >= 4 is 21.9 Å². The number of benzene rings is 1. The smallest absolute Gasteiger partial charge is 0.138 e. The van der Waals surface area contributed by atoms with Crippen molar-refractivity contribution in [2.45, 2.75) is 0 Å². The van der Waals surface area contributed by atoms with Gasteiger partial charge in [0, 0.05) is 40.6 Å². The molecule has 0 atom stereocenters. The van der Waals surface area contributed by atoms with E-state index in [4.69, 9.17) is 0 Å². The summed E-state index contributed by atoms with van der Waals surface area (Å²) in [5, 5.41) is 2.26. The van der Waals surface area contributed by atoms with Crippen molar-refractivity contribution in [1.82, 2.24) is 15.0 Å². The first-order valence-corrected chi connectivity index (χ1v) is 6.41. The van der Waals surface area contributed by atoms with Crippen molar-refractivity contribution in [1.29, 1.82) is 0 Å². The van der Waals surface area contributed by atoms with Crippen LogP contribution in [0.5, 0.6) is 0 Å². The van der Waals surface area contributed by atoms with Crippen molar-refractivity contribution in [2.75, 3.05) is 0 Å². The van der Waals surface area contributed by atoms with Gasteiger partial charge < -0.3 is 9.97 Å². The summed E-state index contributed by atoms with van der Waals surface area (Å²) in [4.78, 5) is 10.6. The van der Waals surface area contributed by atoms with Gasteiger partial charge in [-0.05, 0) is 35.7 Å². The van der Waals surface area contributed by atoms with Crippen molar-refractivity contribution in [3.8, 4) is 11.8 Å². The molecule has 0 unspecified atom stereocenters. The molecule has 94 valence electrons. The Morgan fingerprint density at radius 2 is 1.85 bits per heavy atom. The third-order valence-corrected chi connectivity index (χ3v) is 3.36. The first kappa shape index (κ1) is 10.9. The topological polar surface area (TPSA) is 44.5 Å². The molecule has 0 aliphatic rings. The number of rotatable bonds is 0. The average molecular weight is 257 g/mol. The number of aromatic amines is 2. The molecule has 2 N–H and O–H groups in total. The molecule has 3 heterocycles. The van der Waals surface area contributed by atoms with E-state index < -0.39 is 0 Å². The van der Waals surface area contributed by atoms with E-state index in [1.165, 1.54) is 5.39 Å². The summed E-state index contributed by atoms with van der Waals surface area (Å²) in [6.07, 6.45) is 5.60. The Morgan fingerprint density at radius 3 is 2.85 bits per heavy atom. The van der Waals surface area contributed by atoms with Crippen LogP contribution >= 0.6 is 0 Å². The highest BCUT2D eigenvalue weighted by Gasteiger charge is 1.99. The molecule has 0 bridgehead atoms. The molecule has 0 saturated carbocycles. The largest absolute Gasteiger partial charge is 0.361 e. The quantitative estimate of drug-likeness (QED) is 0.466. The lowest BCUT2D eigenvalue weighted by atomic mass is 10.1. The van der Waals surface area contributed by atoms with Crippen molar-refractivity contribution < 1.29 is 0 Å². The third-order valence-electron chi connectivity index (χ3n) is 3.36. The molecule has 1 aromatic carbocycles. The second kappa shape index (κ2) is 4.29. The number of H-pyrrole nitrogens is 2. The lowest BCUT2D eigenvalue weighted by Crippen LogP contribution is -1.81. The average Bonchev–Trinajstić information content (AvgIpc) is 3.13. The van der Waals surface area contributed by atoms with Crippen LogP contribution in [0.15, 0.2) is 55.0 Å². The fraction of sp³-hybridized carbons (Fsp3) is 0. The second-order valence-electron chi connectivity index (χ2n) is 4.63. The number of fused-ring (bicyclic) bond motifs is 2. The first-order chi connectivity index (χ1) is 9.90. The van der Waals surface area contributed by atoms with Crippen molar-refractivity contribution in [3.05, 3.63) is 66.1 Å². The summed E-state index contributed by atoms with van der Waals surface area (Å²) in [6, 6.07) is 12.2. The zero-order valence-corrected chi connectivity index (χ0v) is 10.6. The van der Waals surface area contributed by atoms with Crippen LogP contribution in [-0.4, -0.2) is 15.0 Å². The summed E-state index contributed by atoms with van der Waals surface area (Å²) in [5.74, 6) is 6.44. The normalized spacial score (nSPS) is 10.6. The molecule has 3 aromatic heterocycles. The maximum absolute atomic E-state index is 4.26. The highest BCUT2D eigenvalue weighted by molar-refractivity contribution is 5.83. The number of pyridine rings is 1. The van der Waals surface area contributed by atoms with Gasteiger partial charge in [-0.15, -0.1) is 0 Å². The van der Waals surface area contributed by atoms with Gasteiger partial charge in [-0.1, -0.05) is 17.9 Å².